The lowest BCUT2D eigenvalue weighted by molar-refractivity contribution is 0.163. The molecule has 4 nitrogen and oxygen atoms in total. The van der Waals surface area contributed by atoms with Gasteiger partial charge in [0.2, 0.25) is 0 Å². The second kappa shape index (κ2) is 18.1. The fourth-order valence-electron chi connectivity index (χ4n) is 9.23. The Morgan fingerprint density at radius 3 is 1.20 bits per heavy atom. The molecule has 5 heteroatoms. The van der Waals surface area contributed by atoms with Crippen LogP contribution in [0.2, 0.25) is 0 Å². The van der Waals surface area contributed by atoms with Crippen LogP contribution in [0.15, 0.2) is 0 Å². The molecule has 1 unspecified atom stereocenters. The summed E-state index contributed by atoms with van der Waals surface area (Å²) in [5.74, 6) is 0.793. The Morgan fingerprint density at radius 1 is 0.500 bits per heavy atom. The third-order valence-corrected chi connectivity index (χ3v) is 16.5. The van der Waals surface area contributed by atoms with Crippen LogP contribution in [0, 0.1) is 16.7 Å². The molecule has 0 heterocycles. The SMILES string of the molecule is CN(CC(CCCCC(C)(C)C)CCCC(C)(C)C)[P+](N(C)C1CCCCC1)(N(C)C1CCCCC1)N(C)C1CCCCC1. The van der Waals surface area contributed by atoms with Gasteiger partial charge in [-0.15, -0.1) is 18.7 Å². The molecule has 3 saturated carbocycles. The molecule has 3 rings (SSSR count). The highest BCUT2D eigenvalue weighted by Gasteiger charge is 2.61. The second-order valence-electron chi connectivity index (χ2n) is 18.1. The number of rotatable bonds is 16. The first-order chi connectivity index (χ1) is 20.8. The molecule has 0 aromatic rings. The van der Waals surface area contributed by atoms with E-state index in [0.29, 0.717) is 10.8 Å². The highest BCUT2D eigenvalue weighted by molar-refractivity contribution is 7.66. The van der Waals surface area contributed by atoms with Gasteiger partial charge in [0, 0.05) is 52.9 Å². The summed E-state index contributed by atoms with van der Waals surface area (Å²) in [6.07, 6.45) is 30.8. The molecule has 0 aromatic heterocycles. The van der Waals surface area contributed by atoms with Crippen molar-refractivity contribution >= 4 is 7.87 Å². The van der Waals surface area contributed by atoms with Gasteiger partial charge in [-0.1, -0.05) is 119 Å². The van der Waals surface area contributed by atoms with E-state index in [-0.39, 0.29) is 0 Å². The van der Waals surface area contributed by atoms with Crippen molar-refractivity contribution < 1.29 is 0 Å². The fourth-order valence-corrected chi connectivity index (χ4v) is 14.5. The van der Waals surface area contributed by atoms with Crippen molar-refractivity contribution in [3.8, 4) is 0 Å². The Morgan fingerprint density at radius 2 is 0.841 bits per heavy atom. The Hall–Kier alpha value is 0.270. The maximum Gasteiger partial charge on any atom is 0.308 e. The van der Waals surface area contributed by atoms with Crippen LogP contribution >= 0.6 is 7.87 Å². The van der Waals surface area contributed by atoms with Crippen LogP contribution in [0.3, 0.4) is 0 Å². The monoisotopic (exact) mass is 636 g/mol. The number of unbranched alkanes of at least 4 members (excludes halogenated alkanes) is 1. The summed E-state index contributed by atoms with van der Waals surface area (Å²) in [7, 11) is 8.46. The Labute approximate surface area is 278 Å². The van der Waals surface area contributed by atoms with Gasteiger partial charge in [-0.05, 0) is 81.0 Å². The van der Waals surface area contributed by atoms with Crippen molar-refractivity contribution in [1.82, 2.24) is 18.7 Å². The Bertz CT molecular complexity index is 710. The third-order valence-electron chi connectivity index (χ3n) is 11.9. The normalized spacial score (nSPS) is 21.7. The maximum absolute atomic E-state index is 3.04. The predicted octanol–water partition coefficient (Wildman–Crippen LogP) is 11.8. The van der Waals surface area contributed by atoms with E-state index in [2.05, 4.69) is 88.4 Å². The van der Waals surface area contributed by atoms with Crippen LogP contribution < -0.4 is 0 Å². The lowest BCUT2D eigenvalue weighted by Gasteiger charge is -2.54. The average Bonchev–Trinajstić information content (AvgIpc) is 2.99. The van der Waals surface area contributed by atoms with E-state index in [1.807, 2.05) is 0 Å². The highest BCUT2D eigenvalue weighted by atomic mass is 31.2. The van der Waals surface area contributed by atoms with Crippen LogP contribution in [-0.2, 0) is 0 Å². The van der Waals surface area contributed by atoms with Crippen LogP contribution in [-0.4, -0.2) is 71.5 Å². The molecule has 0 bridgehead atoms. The van der Waals surface area contributed by atoms with E-state index in [4.69, 9.17) is 0 Å². The third kappa shape index (κ3) is 11.5. The van der Waals surface area contributed by atoms with Gasteiger partial charge in [0.25, 0.3) is 0 Å². The van der Waals surface area contributed by atoms with Crippen LogP contribution in [0.1, 0.15) is 183 Å². The quantitative estimate of drug-likeness (QED) is 0.124. The molecule has 44 heavy (non-hydrogen) atoms. The maximum atomic E-state index is 3.04. The van der Waals surface area contributed by atoms with Gasteiger partial charge in [0.1, 0.15) is 0 Å². The first kappa shape index (κ1) is 38.7. The van der Waals surface area contributed by atoms with Gasteiger partial charge in [-0.2, -0.15) is 0 Å². The Balaban J connectivity index is 1.97. The van der Waals surface area contributed by atoms with Crippen LogP contribution in [0.5, 0.6) is 0 Å². The molecule has 1 atom stereocenters. The van der Waals surface area contributed by atoms with Gasteiger partial charge in [0.15, 0.2) is 0 Å². The molecule has 0 amide bonds. The first-order valence-corrected chi connectivity index (χ1v) is 21.2. The average molecular weight is 636 g/mol. The number of hydrogen-bond donors (Lipinski definition) is 0. The van der Waals surface area contributed by atoms with Crippen molar-refractivity contribution in [2.24, 2.45) is 16.7 Å². The summed E-state index contributed by atoms with van der Waals surface area (Å²) in [5.41, 5.74) is 0.885. The Kier molecular flexibility index (Phi) is 16.0. The van der Waals surface area contributed by atoms with Gasteiger partial charge < -0.3 is 0 Å². The van der Waals surface area contributed by atoms with E-state index in [1.165, 1.54) is 148 Å². The molecule has 3 fully saturated rings. The summed E-state index contributed by atoms with van der Waals surface area (Å²) < 4.78 is 12.2. The van der Waals surface area contributed by atoms with Crippen LogP contribution in [0.25, 0.3) is 0 Å². The van der Waals surface area contributed by atoms with Gasteiger partial charge in [-0.3, -0.25) is 0 Å². The minimum Gasteiger partial charge on any atom is -0.136 e. The van der Waals surface area contributed by atoms with Crippen molar-refractivity contribution in [3.63, 3.8) is 0 Å². The molecule has 0 aliphatic heterocycles. The van der Waals surface area contributed by atoms with Crippen molar-refractivity contribution in [1.29, 1.82) is 0 Å². The standard InChI is InChI=1S/C39H80N4P/c1-38(2,3)31-21-20-23-34(24-22-32-39(4,5)6)33-40(7)44(41(8)35-25-14-11-15-26-35,42(9)36-27-16-12-17-28-36)43(10)37-29-18-13-19-30-37/h34-37H,11-33H2,1-10H3/q+1. The topological polar surface area (TPSA) is 13.0 Å². The van der Waals surface area contributed by atoms with Crippen molar-refractivity contribution in [3.05, 3.63) is 0 Å². The summed E-state index contributed by atoms with van der Waals surface area (Å²) in [6, 6.07) is 2.17. The minimum atomic E-state index is -1.92. The molecular weight excluding hydrogens is 555 g/mol. The zero-order valence-electron chi connectivity index (χ0n) is 31.8. The summed E-state index contributed by atoms with van der Waals surface area (Å²) >= 11 is 0. The van der Waals surface area contributed by atoms with Gasteiger partial charge >= 0.3 is 7.87 Å². The molecule has 0 aromatic carbocycles. The minimum absolute atomic E-state index is 0.434. The molecule has 3 aliphatic rings. The smallest absolute Gasteiger partial charge is 0.136 e. The molecular formula is C39H80N4P+. The summed E-state index contributed by atoms with van der Waals surface area (Å²) in [6.45, 7) is 15.8. The lowest BCUT2D eigenvalue weighted by Crippen LogP contribution is -2.57. The molecule has 3 aliphatic carbocycles. The van der Waals surface area contributed by atoms with Gasteiger partial charge in [-0.25, -0.2) is 0 Å². The first-order valence-electron chi connectivity index (χ1n) is 19.6. The zero-order chi connectivity index (χ0) is 32.4. The number of nitrogens with zero attached hydrogens (tertiary/aromatic N) is 4. The van der Waals surface area contributed by atoms with E-state index < -0.39 is 7.87 Å². The zero-order valence-corrected chi connectivity index (χ0v) is 32.7. The summed E-state index contributed by atoms with van der Waals surface area (Å²) in [5, 5.41) is 0. The molecule has 0 saturated heterocycles. The van der Waals surface area contributed by atoms with Gasteiger partial charge in [0.05, 0.1) is 0 Å². The second-order valence-corrected chi connectivity index (χ2v) is 21.7. The molecule has 260 valence electrons. The van der Waals surface area contributed by atoms with E-state index >= 15 is 0 Å². The van der Waals surface area contributed by atoms with Crippen molar-refractivity contribution in [2.75, 3.05) is 34.7 Å². The lowest BCUT2D eigenvalue weighted by atomic mass is 9.85. The van der Waals surface area contributed by atoms with Crippen LogP contribution in [0.4, 0.5) is 0 Å². The molecule has 0 radical (unpaired) electrons. The van der Waals surface area contributed by atoms with E-state index in [0.717, 1.165) is 24.0 Å². The molecule has 0 N–H and O–H groups in total. The molecule has 0 spiro atoms. The van der Waals surface area contributed by atoms with E-state index in [1.54, 1.807) is 0 Å². The number of hydrogen-bond acceptors (Lipinski definition) is 4. The highest BCUT2D eigenvalue weighted by Crippen LogP contribution is 2.71. The fraction of sp³-hybridized carbons (Fsp3) is 1.00. The van der Waals surface area contributed by atoms with Crippen molar-refractivity contribution in [2.45, 2.75) is 201 Å². The summed E-state index contributed by atoms with van der Waals surface area (Å²) in [4.78, 5) is 0. The largest absolute Gasteiger partial charge is 0.308 e. The predicted molar refractivity (Wildman–Crippen MR) is 198 cm³/mol. The van der Waals surface area contributed by atoms with E-state index in [9.17, 15) is 0 Å².